The molecule has 0 aliphatic rings. The number of benzene rings is 1. The molecule has 0 saturated carbocycles. The van der Waals surface area contributed by atoms with E-state index in [1.54, 1.807) is 13.0 Å². The Morgan fingerprint density at radius 3 is 2.65 bits per heavy atom. The van der Waals surface area contributed by atoms with Gasteiger partial charge in [-0.15, -0.1) is 0 Å². The van der Waals surface area contributed by atoms with Gasteiger partial charge in [-0.05, 0) is 31.0 Å². The van der Waals surface area contributed by atoms with Crippen LogP contribution in [0.15, 0.2) is 23.1 Å². The lowest BCUT2D eigenvalue weighted by Gasteiger charge is -2.13. The van der Waals surface area contributed by atoms with Gasteiger partial charge in [0.1, 0.15) is 4.90 Å². The number of rotatable bonds is 5. The predicted molar refractivity (Wildman–Crippen MR) is 67.4 cm³/mol. The minimum atomic E-state index is -3.63. The summed E-state index contributed by atoms with van der Waals surface area (Å²) in [6.07, 6.45) is 0.691. The van der Waals surface area contributed by atoms with Crippen LogP contribution in [-0.2, 0) is 16.6 Å². The van der Waals surface area contributed by atoms with Gasteiger partial charge in [-0.1, -0.05) is 24.6 Å². The van der Waals surface area contributed by atoms with E-state index in [4.69, 9.17) is 16.7 Å². The van der Waals surface area contributed by atoms with Crippen LogP contribution in [-0.4, -0.2) is 19.6 Å². The lowest BCUT2D eigenvalue weighted by atomic mass is 10.2. The van der Waals surface area contributed by atoms with Crippen molar-refractivity contribution >= 4 is 21.6 Å². The van der Waals surface area contributed by atoms with Crippen LogP contribution < -0.4 is 4.72 Å². The highest BCUT2D eigenvalue weighted by Gasteiger charge is 2.20. The zero-order valence-electron chi connectivity index (χ0n) is 9.77. The fraction of sp³-hybridized carbons (Fsp3) is 0.455. The molecular weight excluding hydrogens is 262 g/mol. The molecule has 0 spiro atoms. The second-order valence-corrected chi connectivity index (χ2v) is 5.94. The molecule has 0 radical (unpaired) electrons. The van der Waals surface area contributed by atoms with E-state index in [2.05, 4.69) is 4.72 Å². The van der Waals surface area contributed by atoms with E-state index >= 15 is 0 Å². The van der Waals surface area contributed by atoms with E-state index in [1.807, 2.05) is 6.92 Å². The molecule has 0 fully saturated rings. The predicted octanol–water partition coefficient (Wildman–Crippen LogP) is 1.91. The Morgan fingerprint density at radius 1 is 1.47 bits per heavy atom. The SMILES string of the molecule is CCC(C)NS(=O)(=O)c1cc(CO)ccc1Cl. The molecule has 0 saturated heterocycles. The maximum absolute atomic E-state index is 12.0. The summed E-state index contributed by atoms with van der Waals surface area (Å²) in [5, 5.41) is 9.14. The van der Waals surface area contributed by atoms with Crippen LogP contribution in [0, 0.1) is 0 Å². The van der Waals surface area contributed by atoms with Crippen LogP contribution in [0.25, 0.3) is 0 Å². The fourth-order valence-corrected chi connectivity index (χ4v) is 3.14. The number of sulfonamides is 1. The Bertz CT molecular complexity index is 487. The number of nitrogens with one attached hydrogen (secondary N) is 1. The topological polar surface area (TPSA) is 66.4 Å². The largest absolute Gasteiger partial charge is 0.392 e. The van der Waals surface area contributed by atoms with Gasteiger partial charge >= 0.3 is 0 Å². The van der Waals surface area contributed by atoms with E-state index < -0.39 is 10.0 Å². The van der Waals surface area contributed by atoms with E-state index in [1.165, 1.54) is 12.1 Å². The van der Waals surface area contributed by atoms with Crippen molar-refractivity contribution in [1.82, 2.24) is 4.72 Å². The van der Waals surface area contributed by atoms with Crippen LogP contribution in [0.2, 0.25) is 5.02 Å². The molecule has 0 heterocycles. The molecule has 1 atom stereocenters. The van der Waals surface area contributed by atoms with Gasteiger partial charge in [0.25, 0.3) is 0 Å². The summed E-state index contributed by atoms with van der Waals surface area (Å²) in [6.45, 7) is 3.45. The summed E-state index contributed by atoms with van der Waals surface area (Å²) in [5.74, 6) is 0. The van der Waals surface area contributed by atoms with Crippen LogP contribution >= 0.6 is 11.6 Å². The number of hydrogen-bond donors (Lipinski definition) is 2. The standard InChI is InChI=1S/C11H16ClNO3S/c1-3-8(2)13-17(15,16)11-6-9(7-14)4-5-10(11)12/h4-6,8,13-14H,3,7H2,1-2H3. The van der Waals surface area contributed by atoms with Crippen LogP contribution in [0.1, 0.15) is 25.8 Å². The molecule has 4 nitrogen and oxygen atoms in total. The first-order valence-electron chi connectivity index (χ1n) is 5.32. The molecule has 0 bridgehead atoms. The molecule has 1 aromatic rings. The van der Waals surface area contributed by atoms with Crippen molar-refractivity contribution in [3.63, 3.8) is 0 Å². The Hall–Kier alpha value is -0.620. The van der Waals surface area contributed by atoms with Gasteiger partial charge in [0.2, 0.25) is 10.0 Å². The maximum atomic E-state index is 12.0. The number of aliphatic hydroxyl groups excluding tert-OH is 1. The summed E-state index contributed by atoms with van der Waals surface area (Å²) in [7, 11) is -3.63. The van der Waals surface area contributed by atoms with Gasteiger partial charge in [0.05, 0.1) is 11.6 Å². The number of aliphatic hydroxyl groups is 1. The van der Waals surface area contributed by atoms with Crippen LogP contribution in [0.5, 0.6) is 0 Å². The quantitative estimate of drug-likeness (QED) is 0.864. The van der Waals surface area contributed by atoms with Crippen molar-refractivity contribution in [2.24, 2.45) is 0 Å². The van der Waals surface area contributed by atoms with Crippen molar-refractivity contribution in [3.8, 4) is 0 Å². The molecule has 6 heteroatoms. The average Bonchev–Trinajstić information content (AvgIpc) is 2.28. The van der Waals surface area contributed by atoms with Gasteiger partial charge in [-0.25, -0.2) is 13.1 Å². The molecule has 1 aromatic carbocycles. The van der Waals surface area contributed by atoms with Crippen LogP contribution in [0.3, 0.4) is 0 Å². The van der Waals surface area contributed by atoms with Gasteiger partial charge in [0, 0.05) is 6.04 Å². The van der Waals surface area contributed by atoms with Crippen molar-refractivity contribution < 1.29 is 13.5 Å². The lowest BCUT2D eigenvalue weighted by Crippen LogP contribution is -2.32. The molecule has 0 amide bonds. The average molecular weight is 278 g/mol. The van der Waals surface area contributed by atoms with Crippen molar-refractivity contribution in [3.05, 3.63) is 28.8 Å². The first-order chi connectivity index (χ1) is 7.90. The van der Waals surface area contributed by atoms with E-state index in [-0.39, 0.29) is 22.6 Å². The van der Waals surface area contributed by atoms with Crippen molar-refractivity contribution in [1.29, 1.82) is 0 Å². The monoisotopic (exact) mass is 277 g/mol. The Kier molecular flexibility index (Phi) is 4.94. The summed E-state index contributed by atoms with van der Waals surface area (Å²) in [6, 6.07) is 4.28. The van der Waals surface area contributed by atoms with Gasteiger partial charge in [-0.2, -0.15) is 0 Å². The summed E-state index contributed by atoms with van der Waals surface area (Å²) in [5.41, 5.74) is 0.513. The summed E-state index contributed by atoms with van der Waals surface area (Å²) < 4.78 is 26.5. The normalized spacial score (nSPS) is 13.6. The highest BCUT2D eigenvalue weighted by atomic mass is 35.5. The van der Waals surface area contributed by atoms with Crippen molar-refractivity contribution in [2.75, 3.05) is 0 Å². The minimum absolute atomic E-state index is 0.00557. The van der Waals surface area contributed by atoms with Crippen molar-refractivity contribution in [2.45, 2.75) is 37.8 Å². The molecule has 0 aliphatic carbocycles. The van der Waals surface area contributed by atoms with E-state index in [0.717, 1.165) is 0 Å². The van der Waals surface area contributed by atoms with E-state index in [9.17, 15) is 8.42 Å². The Labute approximate surface area is 107 Å². The first-order valence-corrected chi connectivity index (χ1v) is 7.18. The molecule has 17 heavy (non-hydrogen) atoms. The van der Waals surface area contributed by atoms with Crippen LogP contribution in [0.4, 0.5) is 0 Å². The second kappa shape index (κ2) is 5.82. The van der Waals surface area contributed by atoms with Gasteiger partial charge in [0.15, 0.2) is 0 Å². The zero-order chi connectivity index (χ0) is 13.1. The minimum Gasteiger partial charge on any atom is -0.392 e. The molecule has 2 N–H and O–H groups in total. The third kappa shape index (κ3) is 3.67. The summed E-state index contributed by atoms with van der Waals surface area (Å²) >= 11 is 5.86. The Balaban J connectivity index is 3.14. The molecule has 1 unspecified atom stereocenters. The smallest absolute Gasteiger partial charge is 0.242 e. The zero-order valence-corrected chi connectivity index (χ0v) is 11.3. The highest BCUT2D eigenvalue weighted by molar-refractivity contribution is 7.89. The molecule has 96 valence electrons. The first kappa shape index (κ1) is 14.4. The third-order valence-corrected chi connectivity index (χ3v) is 4.51. The molecule has 1 rings (SSSR count). The van der Waals surface area contributed by atoms with Gasteiger partial charge in [-0.3, -0.25) is 0 Å². The van der Waals surface area contributed by atoms with E-state index in [0.29, 0.717) is 12.0 Å². The lowest BCUT2D eigenvalue weighted by molar-refractivity contribution is 0.281. The highest BCUT2D eigenvalue weighted by Crippen LogP contribution is 2.23. The Morgan fingerprint density at radius 2 is 2.12 bits per heavy atom. The maximum Gasteiger partial charge on any atom is 0.242 e. The second-order valence-electron chi connectivity index (χ2n) is 3.85. The number of hydrogen-bond acceptors (Lipinski definition) is 3. The van der Waals surface area contributed by atoms with Gasteiger partial charge < -0.3 is 5.11 Å². The molecule has 0 aliphatic heterocycles. The molecular formula is C11H16ClNO3S. The third-order valence-electron chi connectivity index (χ3n) is 2.44. The fourth-order valence-electron chi connectivity index (χ4n) is 1.26. The number of halogens is 1. The molecule has 0 aromatic heterocycles. The summed E-state index contributed by atoms with van der Waals surface area (Å²) in [4.78, 5) is 0.00557.